The molecule has 28 heavy (non-hydrogen) atoms. The molecule has 3 rings (SSSR count). The van der Waals surface area contributed by atoms with Gasteiger partial charge in [0.15, 0.2) is 0 Å². The summed E-state index contributed by atoms with van der Waals surface area (Å²) in [4.78, 5) is 41.5. The zero-order valence-corrected chi connectivity index (χ0v) is 15.7. The molecule has 0 spiro atoms. The van der Waals surface area contributed by atoms with E-state index in [2.05, 4.69) is 10.3 Å². The summed E-state index contributed by atoms with van der Waals surface area (Å²) in [5.41, 5.74) is 2.04. The Bertz CT molecular complexity index is 1060. The van der Waals surface area contributed by atoms with Crippen molar-refractivity contribution in [3.63, 3.8) is 0 Å². The average molecular weight is 379 g/mol. The number of hydrogen-bond acceptors (Lipinski definition) is 5. The van der Waals surface area contributed by atoms with E-state index in [1.807, 2.05) is 36.4 Å². The number of carbonyl (C=O) groups is 2. The van der Waals surface area contributed by atoms with Crippen LogP contribution in [0.3, 0.4) is 0 Å². The minimum Gasteiger partial charge on any atom is -0.467 e. The summed E-state index contributed by atoms with van der Waals surface area (Å²) >= 11 is 0. The summed E-state index contributed by atoms with van der Waals surface area (Å²) in [5.74, 6) is -0.996. The lowest BCUT2D eigenvalue weighted by Crippen LogP contribution is -2.45. The number of esters is 1. The van der Waals surface area contributed by atoms with Crippen LogP contribution in [-0.2, 0) is 27.3 Å². The maximum absolute atomic E-state index is 12.6. The number of amides is 1. The second-order valence-electron chi connectivity index (χ2n) is 6.41. The molecule has 2 aromatic carbocycles. The quantitative estimate of drug-likeness (QED) is 0.657. The highest BCUT2D eigenvalue weighted by atomic mass is 16.5. The molecule has 0 unspecified atom stereocenters. The van der Waals surface area contributed by atoms with Gasteiger partial charge in [0.25, 0.3) is 5.56 Å². The third-order valence-corrected chi connectivity index (χ3v) is 4.42. The fraction of sp³-hybridized carbons (Fsp3) is 0.238. The number of rotatable bonds is 6. The molecule has 0 fully saturated rings. The fourth-order valence-corrected chi connectivity index (χ4v) is 3.05. The molecule has 0 aliphatic heterocycles. The van der Waals surface area contributed by atoms with Crippen molar-refractivity contribution in [1.29, 1.82) is 0 Å². The van der Waals surface area contributed by atoms with Crippen LogP contribution in [0.4, 0.5) is 0 Å². The van der Waals surface area contributed by atoms with Crippen molar-refractivity contribution in [2.45, 2.75) is 25.9 Å². The number of para-hydroxylation sites is 2. The molecule has 1 heterocycles. The molecule has 0 aliphatic rings. The zero-order valence-electron chi connectivity index (χ0n) is 15.7. The van der Waals surface area contributed by atoms with Crippen LogP contribution < -0.4 is 10.9 Å². The molecular weight excluding hydrogens is 358 g/mol. The van der Waals surface area contributed by atoms with Crippen LogP contribution in [0.15, 0.2) is 59.4 Å². The fourth-order valence-electron chi connectivity index (χ4n) is 3.05. The molecule has 3 aromatic rings. The number of hydrogen-bond donors (Lipinski definition) is 1. The van der Waals surface area contributed by atoms with Crippen LogP contribution in [0.25, 0.3) is 11.0 Å². The van der Waals surface area contributed by atoms with Crippen molar-refractivity contribution < 1.29 is 14.3 Å². The standard InChI is InChI=1S/C21H21N3O4/c1-14-20(26)24(18-11-7-6-10-16(18)22-14)13-19(25)23-17(21(27)28-2)12-15-8-4-3-5-9-15/h3-11,17H,12-13H2,1-2H3,(H,23,25)/t17-/m0/s1. The van der Waals surface area contributed by atoms with Gasteiger partial charge in [-0.3, -0.25) is 14.2 Å². The zero-order chi connectivity index (χ0) is 20.1. The SMILES string of the molecule is COC(=O)[C@H](Cc1ccccc1)NC(=O)Cn1c(=O)c(C)nc2ccccc21. The Labute approximate surface area is 162 Å². The monoisotopic (exact) mass is 379 g/mol. The first kappa shape index (κ1) is 19.3. The first-order chi connectivity index (χ1) is 13.5. The highest BCUT2D eigenvalue weighted by molar-refractivity contribution is 5.85. The molecule has 7 heteroatoms. The maximum atomic E-state index is 12.6. The van der Waals surface area contributed by atoms with Gasteiger partial charge in [-0.1, -0.05) is 42.5 Å². The molecule has 1 atom stereocenters. The summed E-state index contributed by atoms with van der Waals surface area (Å²) in [6, 6.07) is 15.6. The number of nitrogens with one attached hydrogen (secondary N) is 1. The lowest BCUT2D eigenvalue weighted by atomic mass is 10.1. The van der Waals surface area contributed by atoms with Gasteiger partial charge in [-0.15, -0.1) is 0 Å². The Morgan fingerprint density at radius 3 is 2.50 bits per heavy atom. The van der Waals surface area contributed by atoms with E-state index in [-0.39, 0.29) is 12.1 Å². The molecule has 7 nitrogen and oxygen atoms in total. The highest BCUT2D eigenvalue weighted by Crippen LogP contribution is 2.10. The lowest BCUT2D eigenvalue weighted by Gasteiger charge is -2.18. The van der Waals surface area contributed by atoms with Crippen LogP contribution in [0.1, 0.15) is 11.3 Å². The molecule has 1 N–H and O–H groups in total. The summed E-state index contributed by atoms with van der Waals surface area (Å²) in [7, 11) is 1.27. The molecule has 144 valence electrons. The van der Waals surface area contributed by atoms with Gasteiger partial charge in [-0.25, -0.2) is 9.78 Å². The second kappa shape index (κ2) is 8.47. The predicted octanol–water partition coefficient (Wildman–Crippen LogP) is 1.61. The topological polar surface area (TPSA) is 90.3 Å². The van der Waals surface area contributed by atoms with E-state index in [9.17, 15) is 14.4 Å². The number of nitrogens with zero attached hydrogens (tertiary/aromatic N) is 2. The van der Waals surface area contributed by atoms with Crippen molar-refractivity contribution in [3.8, 4) is 0 Å². The number of fused-ring (bicyclic) bond motifs is 1. The first-order valence-electron chi connectivity index (χ1n) is 8.87. The van der Waals surface area contributed by atoms with Gasteiger partial charge in [0.1, 0.15) is 18.3 Å². The van der Waals surface area contributed by atoms with E-state index >= 15 is 0 Å². The van der Waals surface area contributed by atoms with E-state index in [1.54, 1.807) is 25.1 Å². The van der Waals surface area contributed by atoms with Gasteiger partial charge in [0, 0.05) is 6.42 Å². The summed E-state index contributed by atoms with van der Waals surface area (Å²) in [5, 5.41) is 2.68. The number of methoxy groups -OCH3 is 1. The smallest absolute Gasteiger partial charge is 0.328 e. The largest absolute Gasteiger partial charge is 0.467 e. The van der Waals surface area contributed by atoms with E-state index in [4.69, 9.17) is 4.74 Å². The summed E-state index contributed by atoms with van der Waals surface area (Å²) < 4.78 is 6.18. The Hall–Kier alpha value is -3.48. The third-order valence-electron chi connectivity index (χ3n) is 4.42. The molecule has 0 bridgehead atoms. The number of benzene rings is 2. The second-order valence-corrected chi connectivity index (χ2v) is 6.41. The molecule has 1 aromatic heterocycles. The number of aromatic nitrogens is 2. The van der Waals surface area contributed by atoms with Gasteiger partial charge < -0.3 is 10.1 Å². The Morgan fingerprint density at radius 1 is 1.11 bits per heavy atom. The van der Waals surface area contributed by atoms with Gasteiger partial charge in [-0.05, 0) is 24.6 Å². The average Bonchev–Trinajstić information content (AvgIpc) is 2.71. The van der Waals surface area contributed by atoms with E-state index in [1.165, 1.54) is 11.7 Å². The van der Waals surface area contributed by atoms with Crippen LogP contribution in [0.5, 0.6) is 0 Å². The van der Waals surface area contributed by atoms with Crippen LogP contribution in [0, 0.1) is 6.92 Å². The minimum atomic E-state index is -0.843. The molecular formula is C21H21N3O4. The summed E-state index contributed by atoms with van der Waals surface area (Å²) in [6.07, 6.45) is 0.296. The minimum absolute atomic E-state index is 0.217. The molecule has 0 radical (unpaired) electrons. The van der Waals surface area contributed by atoms with Gasteiger partial charge in [0.05, 0.1) is 18.1 Å². The molecule has 1 amide bonds. The Morgan fingerprint density at radius 2 is 1.79 bits per heavy atom. The molecule has 0 saturated heterocycles. The van der Waals surface area contributed by atoms with Crippen LogP contribution in [-0.4, -0.2) is 34.6 Å². The number of ether oxygens (including phenoxy) is 1. The molecule has 0 saturated carbocycles. The van der Waals surface area contributed by atoms with E-state index < -0.39 is 17.9 Å². The normalized spacial score (nSPS) is 11.8. The van der Waals surface area contributed by atoms with E-state index in [0.717, 1.165) is 5.56 Å². The van der Waals surface area contributed by atoms with Gasteiger partial charge in [-0.2, -0.15) is 0 Å². The van der Waals surface area contributed by atoms with E-state index in [0.29, 0.717) is 23.1 Å². The Balaban J connectivity index is 1.84. The molecule has 0 aliphatic carbocycles. The highest BCUT2D eigenvalue weighted by Gasteiger charge is 2.22. The third kappa shape index (κ3) is 4.25. The lowest BCUT2D eigenvalue weighted by molar-refractivity contribution is -0.145. The Kier molecular flexibility index (Phi) is 5.84. The van der Waals surface area contributed by atoms with Crippen molar-refractivity contribution in [1.82, 2.24) is 14.9 Å². The van der Waals surface area contributed by atoms with Crippen molar-refractivity contribution in [2.75, 3.05) is 7.11 Å². The summed E-state index contributed by atoms with van der Waals surface area (Å²) in [6.45, 7) is 1.39. The van der Waals surface area contributed by atoms with Gasteiger partial charge in [0.2, 0.25) is 5.91 Å². The maximum Gasteiger partial charge on any atom is 0.328 e. The number of carbonyl (C=O) groups excluding carboxylic acids is 2. The van der Waals surface area contributed by atoms with Crippen LogP contribution >= 0.6 is 0 Å². The predicted molar refractivity (Wildman–Crippen MR) is 105 cm³/mol. The van der Waals surface area contributed by atoms with Crippen molar-refractivity contribution >= 4 is 22.9 Å². The van der Waals surface area contributed by atoms with Gasteiger partial charge >= 0.3 is 5.97 Å². The van der Waals surface area contributed by atoms with Crippen LogP contribution in [0.2, 0.25) is 0 Å². The van der Waals surface area contributed by atoms with Crippen molar-refractivity contribution in [3.05, 3.63) is 76.2 Å². The number of aryl methyl sites for hydroxylation is 1. The van der Waals surface area contributed by atoms with Crippen molar-refractivity contribution in [2.24, 2.45) is 0 Å². The first-order valence-corrected chi connectivity index (χ1v) is 8.87.